The van der Waals surface area contributed by atoms with Gasteiger partial charge >= 0.3 is 0 Å². The molecule has 2 aliphatic heterocycles. The lowest BCUT2D eigenvalue weighted by molar-refractivity contribution is -0.146. The topological polar surface area (TPSA) is 69.5 Å². The highest BCUT2D eigenvalue weighted by Gasteiger charge is 2.36. The lowest BCUT2D eigenvalue weighted by Gasteiger charge is -2.41. The van der Waals surface area contributed by atoms with Gasteiger partial charge in [-0.2, -0.15) is 5.26 Å². The molecular weight excluding hydrogens is 280 g/mol. The van der Waals surface area contributed by atoms with Gasteiger partial charge in [-0.15, -0.1) is 0 Å². The second kappa shape index (κ2) is 6.32. The van der Waals surface area contributed by atoms with Crippen LogP contribution in [0.3, 0.4) is 0 Å². The number of nitriles is 1. The van der Waals surface area contributed by atoms with E-state index in [1.807, 2.05) is 11.0 Å². The Labute approximate surface area is 130 Å². The Hall–Kier alpha value is -2.13. The summed E-state index contributed by atoms with van der Waals surface area (Å²) in [5.41, 5.74) is 0.513. The van der Waals surface area contributed by atoms with Gasteiger partial charge in [0.25, 0.3) is 0 Å². The summed E-state index contributed by atoms with van der Waals surface area (Å²) < 4.78 is 5.71. The monoisotopic (exact) mass is 300 g/mol. The summed E-state index contributed by atoms with van der Waals surface area (Å²) in [6.07, 6.45) is 3.58. The lowest BCUT2D eigenvalue weighted by atomic mass is 9.95. The van der Waals surface area contributed by atoms with Gasteiger partial charge in [0, 0.05) is 18.8 Å². The molecule has 0 radical (unpaired) electrons. The maximum Gasteiger partial charge on any atom is 0.227 e. The average molecular weight is 300 g/mol. The third-order valence-electron chi connectivity index (χ3n) is 4.29. The second-order valence-corrected chi connectivity index (χ2v) is 6.08. The molecule has 0 N–H and O–H groups in total. The molecule has 2 aliphatic rings. The van der Waals surface area contributed by atoms with E-state index in [9.17, 15) is 4.79 Å². The van der Waals surface area contributed by atoms with Crippen molar-refractivity contribution < 1.29 is 9.53 Å². The van der Waals surface area contributed by atoms with E-state index >= 15 is 0 Å². The molecular formula is C16H20N4O2. The summed E-state index contributed by atoms with van der Waals surface area (Å²) in [6.45, 7) is 3.19. The fourth-order valence-electron chi connectivity index (χ4n) is 3.01. The van der Waals surface area contributed by atoms with Crippen LogP contribution >= 0.6 is 0 Å². The highest BCUT2D eigenvalue weighted by Crippen LogP contribution is 2.22. The zero-order chi connectivity index (χ0) is 15.5. The predicted molar refractivity (Wildman–Crippen MR) is 80.2 cm³/mol. The van der Waals surface area contributed by atoms with Crippen LogP contribution in [0.5, 0.6) is 5.88 Å². The van der Waals surface area contributed by atoms with Crippen molar-refractivity contribution in [3.8, 4) is 11.9 Å². The number of rotatable bonds is 3. The highest BCUT2D eigenvalue weighted by molar-refractivity contribution is 5.80. The number of pyridine rings is 1. The van der Waals surface area contributed by atoms with Crippen LogP contribution in [0.15, 0.2) is 18.3 Å². The molecule has 1 amide bonds. The minimum Gasteiger partial charge on any atom is -0.471 e. The summed E-state index contributed by atoms with van der Waals surface area (Å²) in [5, 5.41) is 8.73. The molecule has 3 rings (SSSR count). The summed E-state index contributed by atoms with van der Waals surface area (Å²) in [7, 11) is 2.07. The molecule has 2 fully saturated rings. The van der Waals surface area contributed by atoms with E-state index in [1.54, 1.807) is 12.1 Å². The van der Waals surface area contributed by atoms with Crippen LogP contribution in [0.25, 0.3) is 0 Å². The van der Waals surface area contributed by atoms with Crippen molar-refractivity contribution in [2.75, 3.05) is 33.2 Å². The zero-order valence-corrected chi connectivity index (χ0v) is 12.7. The van der Waals surface area contributed by atoms with E-state index in [4.69, 9.17) is 10.00 Å². The molecule has 3 heterocycles. The largest absolute Gasteiger partial charge is 0.471 e. The first-order chi connectivity index (χ1) is 10.7. The number of carbonyl (C=O) groups excluding carboxylic acids is 1. The first-order valence-electron chi connectivity index (χ1n) is 7.66. The molecule has 0 saturated carbocycles. The maximum absolute atomic E-state index is 12.4. The van der Waals surface area contributed by atoms with Gasteiger partial charge < -0.3 is 14.5 Å². The third-order valence-corrected chi connectivity index (χ3v) is 4.29. The van der Waals surface area contributed by atoms with Gasteiger partial charge in [0.05, 0.1) is 24.6 Å². The predicted octanol–water partition coefficient (Wildman–Crippen LogP) is 0.885. The minimum atomic E-state index is 0.00528. The number of hydrogen-bond donors (Lipinski definition) is 0. The van der Waals surface area contributed by atoms with Gasteiger partial charge in [0.2, 0.25) is 11.8 Å². The molecule has 6 nitrogen and oxygen atoms in total. The second-order valence-electron chi connectivity index (χ2n) is 6.08. The van der Waals surface area contributed by atoms with Crippen LogP contribution in [0.4, 0.5) is 0 Å². The Balaban J connectivity index is 1.47. The first-order valence-corrected chi connectivity index (χ1v) is 7.66. The molecule has 6 heteroatoms. The maximum atomic E-state index is 12.4. The molecule has 0 aliphatic carbocycles. The van der Waals surface area contributed by atoms with E-state index < -0.39 is 0 Å². The molecule has 1 aromatic rings. The summed E-state index contributed by atoms with van der Waals surface area (Å²) in [4.78, 5) is 20.6. The van der Waals surface area contributed by atoms with Crippen molar-refractivity contribution in [2.24, 2.45) is 5.92 Å². The quantitative estimate of drug-likeness (QED) is 0.829. The third kappa shape index (κ3) is 3.20. The molecule has 0 spiro atoms. The fourth-order valence-corrected chi connectivity index (χ4v) is 3.01. The van der Waals surface area contributed by atoms with Gasteiger partial charge in [0.1, 0.15) is 12.2 Å². The fraction of sp³-hybridized carbons (Fsp3) is 0.562. The normalized spacial score (nSPS) is 22.7. The highest BCUT2D eigenvalue weighted by atomic mass is 16.5. The number of hydrogen-bond acceptors (Lipinski definition) is 5. The zero-order valence-electron chi connectivity index (χ0n) is 12.7. The van der Waals surface area contributed by atoms with Crippen molar-refractivity contribution in [3.05, 3.63) is 23.9 Å². The molecule has 1 aromatic heterocycles. The number of amides is 1. The van der Waals surface area contributed by atoms with Crippen LogP contribution in [-0.2, 0) is 4.79 Å². The smallest absolute Gasteiger partial charge is 0.227 e. The lowest BCUT2D eigenvalue weighted by Crippen LogP contribution is -2.58. The Morgan fingerprint density at radius 1 is 1.41 bits per heavy atom. The SMILES string of the molecule is CN1CCCC(C(=O)N2CC(Oc3ccc(C#N)cn3)C2)C1. The van der Waals surface area contributed by atoms with Gasteiger partial charge in [-0.05, 0) is 32.5 Å². The molecule has 0 aromatic carbocycles. The standard InChI is InChI=1S/C16H20N4O2/c1-19-6-2-3-13(9-19)16(21)20-10-14(11-20)22-15-5-4-12(7-17)8-18-15/h4-5,8,13-14H,2-3,6,9-11H2,1H3. The van der Waals surface area contributed by atoms with E-state index in [1.165, 1.54) is 6.20 Å². The van der Waals surface area contributed by atoms with Crippen molar-refractivity contribution >= 4 is 5.91 Å². The van der Waals surface area contributed by atoms with Crippen LogP contribution in [0, 0.1) is 17.2 Å². The van der Waals surface area contributed by atoms with Crippen LogP contribution in [0.2, 0.25) is 0 Å². The van der Waals surface area contributed by atoms with E-state index in [2.05, 4.69) is 16.9 Å². The number of piperidine rings is 1. The van der Waals surface area contributed by atoms with Crippen LogP contribution in [-0.4, -0.2) is 60.0 Å². The van der Waals surface area contributed by atoms with E-state index in [0.717, 1.165) is 25.9 Å². The van der Waals surface area contributed by atoms with Gasteiger partial charge in [-0.3, -0.25) is 4.79 Å². The molecule has 116 valence electrons. The Kier molecular flexibility index (Phi) is 4.25. The number of carbonyl (C=O) groups is 1. The van der Waals surface area contributed by atoms with E-state index in [-0.39, 0.29) is 17.9 Å². The van der Waals surface area contributed by atoms with Gasteiger partial charge in [-0.1, -0.05) is 0 Å². The Morgan fingerprint density at radius 3 is 2.86 bits per heavy atom. The van der Waals surface area contributed by atoms with Crippen molar-refractivity contribution in [1.82, 2.24) is 14.8 Å². The number of aromatic nitrogens is 1. The van der Waals surface area contributed by atoms with Gasteiger partial charge in [0.15, 0.2) is 0 Å². The molecule has 0 bridgehead atoms. The number of likely N-dealkylation sites (tertiary alicyclic amines) is 2. The minimum absolute atomic E-state index is 0.00528. The molecule has 1 atom stereocenters. The van der Waals surface area contributed by atoms with E-state index in [0.29, 0.717) is 24.5 Å². The number of nitrogens with zero attached hydrogens (tertiary/aromatic N) is 4. The van der Waals surface area contributed by atoms with Crippen LogP contribution in [0.1, 0.15) is 18.4 Å². The van der Waals surface area contributed by atoms with Crippen molar-refractivity contribution in [2.45, 2.75) is 18.9 Å². The van der Waals surface area contributed by atoms with Gasteiger partial charge in [-0.25, -0.2) is 4.98 Å². The van der Waals surface area contributed by atoms with Crippen LogP contribution < -0.4 is 4.74 Å². The number of ether oxygens (including phenoxy) is 1. The Morgan fingerprint density at radius 2 is 2.23 bits per heavy atom. The molecule has 1 unspecified atom stereocenters. The van der Waals surface area contributed by atoms with Crippen molar-refractivity contribution in [3.63, 3.8) is 0 Å². The molecule has 22 heavy (non-hydrogen) atoms. The average Bonchev–Trinajstić information content (AvgIpc) is 2.50. The first kappa shape index (κ1) is 14.8. The van der Waals surface area contributed by atoms with Crippen molar-refractivity contribution in [1.29, 1.82) is 5.26 Å². The Bertz CT molecular complexity index is 575. The summed E-state index contributed by atoms with van der Waals surface area (Å²) in [5.74, 6) is 0.889. The molecule has 2 saturated heterocycles. The summed E-state index contributed by atoms with van der Waals surface area (Å²) >= 11 is 0. The summed E-state index contributed by atoms with van der Waals surface area (Å²) in [6, 6.07) is 5.40.